The van der Waals surface area contributed by atoms with Crippen molar-refractivity contribution in [3.8, 4) is 0 Å². The van der Waals surface area contributed by atoms with E-state index in [1.54, 1.807) is 18.2 Å². The van der Waals surface area contributed by atoms with Crippen LogP contribution < -0.4 is 15.5 Å². The highest BCUT2D eigenvalue weighted by molar-refractivity contribution is 6.31. The third-order valence-electron chi connectivity index (χ3n) is 2.60. The van der Waals surface area contributed by atoms with Crippen LogP contribution in [0, 0.1) is 6.92 Å². The number of amides is 1. The van der Waals surface area contributed by atoms with E-state index in [0.717, 1.165) is 10.6 Å². The number of hydrazine groups is 1. The van der Waals surface area contributed by atoms with E-state index >= 15 is 0 Å². The average molecular weight is 266 g/mol. The Morgan fingerprint density at radius 2 is 2.22 bits per heavy atom. The largest absolute Gasteiger partial charge is 0.543 e. The van der Waals surface area contributed by atoms with Crippen molar-refractivity contribution in [3.05, 3.63) is 40.6 Å². The summed E-state index contributed by atoms with van der Waals surface area (Å²) in [5.74, 6) is -1.62. The highest BCUT2D eigenvalue weighted by Gasteiger charge is 2.21. The van der Waals surface area contributed by atoms with Gasteiger partial charge in [0.15, 0.2) is 0 Å². The smallest absolute Gasteiger partial charge is 0.249 e. The van der Waals surface area contributed by atoms with Gasteiger partial charge in [-0.2, -0.15) is 0 Å². The van der Waals surface area contributed by atoms with Crippen LogP contribution in [-0.4, -0.2) is 11.9 Å². The molecule has 18 heavy (non-hydrogen) atoms. The van der Waals surface area contributed by atoms with E-state index in [0.29, 0.717) is 10.7 Å². The number of anilines is 1. The first-order valence-electron chi connectivity index (χ1n) is 5.26. The lowest BCUT2D eigenvalue weighted by atomic mass is 10.2. The zero-order valence-corrected chi connectivity index (χ0v) is 10.3. The quantitative estimate of drug-likeness (QED) is 0.846. The van der Waals surface area contributed by atoms with Gasteiger partial charge in [0.25, 0.3) is 0 Å². The molecule has 0 bridgehead atoms. The van der Waals surface area contributed by atoms with Crippen molar-refractivity contribution in [1.29, 1.82) is 0 Å². The maximum atomic E-state index is 11.7. The summed E-state index contributed by atoms with van der Waals surface area (Å²) in [6, 6.07) is 5.04. The molecule has 0 fully saturated rings. The molecule has 1 amide bonds. The molecule has 1 aliphatic rings. The number of benzene rings is 1. The Balaban J connectivity index is 2.32. The van der Waals surface area contributed by atoms with E-state index in [2.05, 4.69) is 5.43 Å². The van der Waals surface area contributed by atoms with Crippen LogP contribution in [-0.2, 0) is 9.59 Å². The monoisotopic (exact) mass is 265 g/mol. The molecule has 1 N–H and O–H groups in total. The number of carboxylic acid groups (broad SMARTS) is 1. The second-order valence-corrected chi connectivity index (χ2v) is 4.29. The van der Waals surface area contributed by atoms with Gasteiger partial charge in [-0.1, -0.05) is 17.7 Å². The van der Waals surface area contributed by atoms with Crippen molar-refractivity contribution in [3.63, 3.8) is 0 Å². The van der Waals surface area contributed by atoms with E-state index in [1.807, 2.05) is 6.92 Å². The number of halogens is 1. The molecule has 0 spiro atoms. The normalized spacial score (nSPS) is 15.1. The predicted molar refractivity (Wildman–Crippen MR) is 64.5 cm³/mol. The van der Waals surface area contributed by atoms with Crippen LogP contribution in [0.15, 0.2) is 30.0 Å². The van der Waals surface area contributed by atoms with Crippen molar-refractivity contribution in [1.82, 2.24) is 5.43 Å². The van der Waals surface area contributed by atoms with Gasteiger partial charge in [0, 0.05) is 11.4 Å². The van der Waals surface area contributed by atoms with Crippen LogP contribution in [0.5, 0.6) is 0 Å². The summed E-state index contributed by atoms with van der Waals surface area (Å²) >= 11 is 5.97. The molecule has 0 unspecified atom stereocenters. The summed E-state index contributed by atoms with van der Waals surface area (Å²) in [7, 11) is 0. The maximum Gasteiger partial charge on any atom is 0.249 e. The van der Waals surface area contributed by atoms with Gasteiger partial charge in [-0.3, -0.25) is 10.2 Å². The lowest BCUT2D eigenvalue weighted by Gasteiger charge is -2.29. The van der Waals surface area contributed by atoms with Crippen molar-refractivity contribution in [2.75, 3.05) is 5.01 Å². The van der Waals surface area contributed by atoms with E-state index in [9.17, 15) is 14.7 Å². The number of hydrogen-bond acceptors (Lipinski definition) is 4. The third-order valence-corrected chi connectivity index (χ3v) is 3.00. The van der Waals surface area contributed by atoms with Crippen molar-refractivity contribution < 1.29 is 14.7 Å². The number of nitrogens with one attached hydrogen (secondary N) is 1. The van der Waals surface area contributed by atoms with Crippen LogP contribution in [0.25, 0.3) is 0 Å². The predicted octanol–water partition coefficient (Wildman–Crippen LogP) is 0.524. The molecule has 0 aromatic heterocycles. The van der Waals surface area contributed by atoms with Crippen LogP contribution >= 0.6 is 11.6 Å². The molecular weight excluding hydrogens is 256 g/mol. The first kappa shape index (κ1) is 12.4. The van der Waals surface area contributed by atoms with Gasteiger partial charge in [-0.05, 0) is 30.7 Å². The molecule has 6 heteroatoms. The Labute approximate surface area is 109 Å². The van der Waals surface area contributed by atoms with Gasteiger partial charge in [0.1, 0.15) is 0 Å². The summed E-state index contributed by atoms with van der Waals surface area (Å²) in [4.78, 5) is 22.5. The minimum Gasteiger partial charge on any atom is -0.543 e. The summed E-state index contributed by atoms with van der Waals surface area (Å²) in [6.07, 6.45) is 1.28. The Morgan fingerprint density at radius 3 is 2.83 bits per heavy atom. The van der Waals surface area contributed by atoms with E-state index < -0.39 is 5.97 Å². The molecular formula is C12H10ClN2O3-. The van der Waals surface area contributed by atoms with Gasteiger partial charge in [0.05, 0.1) is 17.4 Å². The molecule has 1 aliphatic heterocycles. The molecule has 1 heterocycles. The van der Waals surface area contributed by atoms with E-state index in [-0.39, 0.29) is 18.0 Å². The number of carboxylic acids is 1. The summed E-state index contributed by atoms with van der Waals surface area (Å²) in [6.45, 7) is 1.84. The Hall–Kier alpha value is -2.01. The van der Waals surface area contributed by atoms with Crippen molar-refractivity contribution in [2.45, 2.75) is 13.3 Å². The van der Waals surface area contributed by atoms with Crippen LogP contribution in [0.3, 0.4) is 0 Å². The first-order chi connectivity index (χ1) is 8.49. The summed E-state index contributed by atoms with van der Waals surface area (Å²) in [5.41, 5.74) is 3.72. The standard InChI is InChI=1S/C12H11ClN2O3/c1-7-2-3-8(6-9(7)13)15-11(16)5-4-10(14-15)12(17)18/h2-4,6,14H,5H2,1H3,(H,17,18)/p-1. The van der Waals surface area contributed by atoms with E-state index in [4.69, 9.17) is 11.6 Å². The molecule has 0 radical (unpaired) electrons. The zero-order valence-electron chi connectivity index (χ0n) is 9.57. The van der Waals surface area contributed by atoms with Crippen LogP contribution in [0.1, 0.15) is 12.0 Å². The van der Waals surface area contributed by atoms with Gasteiger partial charge in [-0.15, -0.1) is 0 Å². The summed E-state index contributed by atoms with van der Waals surface area (Å²) in [5, 5.41) is 12.4. The Morgan fingerprint density at radius 1 is 1.50 bits per heavy atom. The molecule has 0 saturated heterocycles. The third kappa shape index (κ3) is 2.31. The number of carbonyl (C=O) groups is 2. The Bertz CT molecular complexity index is 554. The highest BCUT2D eigenvalue weighted by Crippen LogP contribution is 2.24. The number of rotatable bonds is 2. The minimum atomic E-state index is -1.36. The van der Waals surface area contributed by atoms with Crippen molar-refractivity contribution in [2.24, 2.45) is 0 Å². The van der Waals surface area contributed by atoms with Gasteiger partial charge < -0.3 is 9.90 Å². The lowest BCUT2D eigenvalue weighted by Crippen LogP contribution is -2.49. The number of aliphatic carboxylic acids is 1. The average Bonchev–Trinajstić information content (AvgIpc) is 2.33. The van der Waals surface area contributed by atoms with Gasteiger partial charge >= 0.3 is 0 Å². The fraction of sp³-hybridized carbons (Fsp3) is 0.167. The fourth-order valence-electron chi connectivity index (χ4n) is 1.57. The topological polar surface area (TPSA) is 72.5 Å². The van der Waals surface area contributed by atoms with Gasteiger partial charge in [-0.25, -0.2) is 5.01 Å². The molecule has 1 aromatic rings. The second kappa shape index (κ2) is 4.70. The van der Waals surface area contributed by atoms with E-state index in [1.165, 1.54) is 6.08 Å². The van der Waals surface area contributed by atoms with Crippen LogP contribution in [0.2, 0.25) is 5.02 Å². The molecule has 0 aliphatic carbocycles. The number of hydrogen-bond donors (Lipinski definition) is 1. The lowest BCUT2D eigenvalue weighted by molar-refractivity contribution is -0.299. The highest BCUT2D eigenvalue weighted by atomic mass is 35.5. The SMILES string of the molecule is Cc1ccc(N2NC(C(=O)[O-])=CCC2=O)cc1Cl. The van der Waals surface area contributed by atoms with Crippen LogP contribution in [0.4, 0.5) is 5.69 Å². The van der Waals surface area contributed by atoms with Crippen molar-refractivity contribution >= 4 is 29.2 Å². The molecule has 94 valence electrons. The number of nitrogens with zero attached hydrogens (tertiary/aromatic N) is 1. The van der Waals surface area contributed by atoms with Gasteiger partial charge in [0.2, 0.25) is 5.91 Å². The Kier molecular flexibility index (Phi) is 3.25. The number of aryl methyl sites for hydroxylation is 1. The fourth-order valence-corrected chi connectivity index (χ4v) is 1.74. The molecule has 5 nitrogen and oxygen atoms in total. The minimum absolute atomic E-state index is 0.00179. The molecule has 0 atom stereocenters. The second-order valence-electron chi connectivity index (χ2n) is 3.88. The number of carbonyl (C=O) groups excluding carboxylic acids is 2. The first-order valence-corrected chi connectivity index (χ1v) is 5.64. The summed E-state index contributed by atoms with van der Waals surface area (Å²) < 4.78 is 0. The molecule has 2 rings (SSSR count). The molecule has 1 aromatic carbocycles. The maximum absolute atomic E-state index is 11.7. The zero-order chi connectivity index (χ0) is 13.3. The molecule has 0 saturated carbocycles.